The summed E-state index contributed by atoms with van der Waals surface area (Å²) in [6.07, 6.45) is 1.55. The van der Waals surface area contributed by atoms with Gasteiger partial charge in [-0.15, -0.1) is 10.2 Å². The van der Waals surface area contributed by atoms with Crippen LogP contribution in [0.1, 0.15) is 10.6 Å². The van der Waals surface area contributed by atoms with Crippen LogP contribution in [-0.2, 0) is 4.79 Å². The van der Waals surface area contributed by atoms with E-state index in [1.165, 1.54) is 34.1 Å². The molecule has 5 nitrogen and oxygen atoms in total. The van der Waals surface area contributed by atoms with E-state index in [-0.39, 0.29) is 11.7 Å². The number of aliphatic imine (C=N–C) groups is 1. The predicted octanol–water partition coefficient (Wildman–Crippen LogP) is 4.79. The Morgan fingerprint density at radius 2 is 1.81 bits per heavy atom. The summed E-state index contributed by atoms with van der Waals surface area (Å²) >= 11 is 2.53. The van der Waals surface area contributed by atoms with Crippen molar-refractivity contribution in [2.24, 2.45) is 4.99 Å². The summed E-state index contributed by atoms with van der Waals surface area (Å²) in [6, 6.07) is 15.6. The molecular formula is C19H13FN4OS2. The largest absolute Gasteiger partial charge is 0.271 e. The van der Waals surface area contributed by atoms with Crippen LogP contribution in [0.25, 0.3) is 6.08 Å². The predicted molar refractivity (Wildman–Crippen MR) is 108 cm³/mol. The molecule has 0 spiro atoms. The normalized spacial score (nSPS) is 17.3. The molecule has 1 amide bonds. The lowest BCUT2D eigenvalue weighted by molar-refractivity contribution is -0.113. The Morgan fingerprint density at radius 1 is 1.07 bits per heavy atom. The van der Waals surface area contributed by atoms with Crippen molar-refractivity contribution in [3.8, 4) is 0 Å². The van der Waals surface area contributed by atoms with Crippen LogP contribution in [0, 0.1) is 12.7 Å². The second-order valence-electron chi connectivity index (χ2n) is 5.61. The van der Waals surface area contributed by atoms with Crippen LogP contribution in [0.4, 0.5) is 15.2 Å². The number of carbonyl (C=O) groups excluding carboxylic acids is 1. The van der Waals surface area contributed by atoms with Crippen molar-refractivity contribution >= 4 is 51.1 Å². The molecule has 0 radical (unpaired) electrons. The summed E-state index contributed by atoms with van der Waals surface area (Å²) in [6.45, 7) is 1.84. The van der Waals surface area contributed by atoms with Crippen LogP contribution in [-0.4, -0.2) is 21.3 Å². The Labute approximate surface area is 163 Å². The van der Waals surface area contributed by atoms with Crippen LogP contribution in [0.15, 0.2) is 64.5 Å². The van der Waals surface area contributed by atoms with Gasteiger partial charge in [0.05, 0.1) is 10.6 Å². The molecule has 2 heterocycles. The van der Waals surface area contributed by atoms with E-state index in [9.17, 15) is 9.18 Å². The van der Waals surface area contributed by atoms with E-state index in [2.05, 4.69) is 15.2 Å². The smallest absolute Gasteiger partial charge is 0.268 e. The number of thioether (sulfide) groups is 1. The topological polar surface area (TPSA) is 58.5 Å². The molecule has 4 rings (SSSR count). The summed E-state index contributed by atoms with van der Waals surface area (Å²) < 4.78 is 14.0. The monoisotopic (exact) mass is 396 g/mol. The molecular weight excluding hydrogens is 383 g/mol. The molecule has 134 valence electrons. The molecule has 0 unspecified atom stereocenters. The molecule has 1 aliphatic heterocycles. The number of amidine groups is 1. The van der Waals surface area contributed by atoms with E-state index in [0.717, 1.165) is 5.01 Å². The van der Waals surface area contributed by atoms with Gasteiger partial charge < -0.3 is 0 Å². The fourth-order valence-corrected chi connectivity index (χ4v) is 4.09. The summed E-state index contributed by atoms with van der Waals surface area (Å²) in [5, 5.41) is 9.68. The lowest BCUT2D eigenvalue weighted by Crippen LogP contribution is -2.28. The highest BCUT2D eigenvalue weighted by Crippen LogP contribution is 2.37. The number of carbonyl (C=O) groups is 1. The van der Waals surface area contributed by atoms with E-state index in [1.54, 1.807) is 24.3 Å². The quantitative estimate of drug-likeness (QED) is 0.597. The molecule has 0 aliphatic carbocycles. The van der Waals surface area contributed by atoms with Crippen LogP contribution < -0.4 is 4.90 Å². The van der Waals surface area contributed by atoms with Crippen molar-refractivity contribution in [1.82, 2.24) is 10.2 Å². The lowest BCUT2D eigenvalue weighted by atomic mass is 10.2. The van der Waals surface area contributed by atoms with Crippen molar-refractivity contribution in [2.75, 3.05) is 4.90 Å². The van der Waals surface area contributed by atoms with E-state index in [4.69, 9.17) is 0 Å². The number of para-hydroxylation sites is 1. The van der Waals surface area contributed by atoms with Crippen LogP contribution in [0.3, 0.4) is 0 Å². The van der Waals surface area contributed by atoms with Crippen molar-refractivity contribution in [3.05, 3.63) is 75.9 Å². The molecule has 8 heteroatoms. The molecule has 0 N–H and O–H groups in total. The zero-order chi connectivity index (χ0) is 18.8. The zero-order valence-electron chi connectivity index (χ0n) is 14.2. The first-order valence-electron chi connectivity index (χ1n) is 8.04. The number of anilines is 1. The van der Waals surface area contributed by atoms with Gasteiger partial charge in [0.25, 0.3) is 5.91 Å². The highest BCUT2D eigenvalue weighted by Gasteiger charge is 2.35. The molecule has 1 saturated heterocycles. The molecule has 0 atom stereocenters. The maximum absolute atomic E-state index is 14.0. The van der Waals surface area contributed by atoms with Gasteiger partial charge in [-0.05, 0) is 43.0 Å². The fraction of sp³-hybridized carbons (Fsp3) is 0.0526. The third-order valence-corrected chi connectivity index (χ3v) is 5.42. The van der Waals surface area contributed by atoms with Gasteiger partial charge in [-0.2, -0.15) is 4.99 Å². The van der Waals surface area contributed by atoms with Crippen molar-refractivity contribution in [1.29, 1.82) is 0 Å². The molecule has 1 aliphatic rings. The highest BCUT2D eigenvalue weighted by molar-refractivity contribution is 8.19. The summed E-state index contributed by atoms with van der Waals surface area (Å²) in [4.78, 5) is 19.4. The van der Waals surface area contributed by atoms with Crippen LogP contribution in [0.5, 0.6) is 0 Å². The van der Waals surface area contributed by atoms with Crippen molar-refractivity contribution < 1.29 is 9.18 Å². The molecule has 1 aromatic heterocycles. The Hall–Kier alpha value is -2.84. The van der Waals surface area contributed by atoms with Gasteiger partial charge in [0.2, 0.25) is 5.13 Å². The maximum Gasteiger partial charge on any atom is 0.271 e. The molecule has 1 fully saturated rings. The van der Waals surface area contributed by atoms with Gasteiger partial charge in [0.15, 0.2) is 5.17 Å². The van der Waals surface area contributed by atoms with E-state index in [0.29, 0.717) is 26.5 Å². The highest BCUT2D eigenvalue weighted by atomic mass is 32.2. The summed E-state index contributed by atoms with van der Waals surface area (Å²) in [5.74, 6) is -0.635. The number of hydrogen-bond acceptors (Lipinski definition) is 6. The summed E-state index contributed by atoms with van der Waals surface area (Å²) in [7, 11) is 0. The van der Waals surface area contributed by atoms with Gasteiger partial charge in [-0.1, -0.05) is 47.7 Å². The minimum atomic E-state index is -0.380. The number of rotatable bonds is 3. The van der Waals surface area contributed by atoms with Crippen LogP contribution >= 0.6 is 23.1 Å². The first-order valence-corrected chi connectivity index (χ1v) is 9.67. The molecule has 0 saturated carbocycles. The Balaban J connectivity index is 1.78. The minimum Gasteiger partial charge on any atom is -0.268 e. The van der Waals surface area contributed by atoms with Crippen molar-refractivity contribution in [2.45, 2.75) is 6.92 Å². The third kappa shape index (κ3) is 3.67. The van der Waals surface area contributed by atoms with E-state index < -0.39 is 0 Å². The van der Waals surface area contributed by atoms with Crippen molar-refractivity contribution in [3.63, 3.8) is 0 Å². The van der Waals surface area contributed by atoms with Gasteiger partial charge in [0, 0.05) is 5.56 Å². The average molecular weight is 396 g/mol. The Kier molecular flexibility index (Phi) is 4.83. The number of halogens is 1. The van der Waals surface area contributed by atoms with Crippen LogP contribution in [0.2, 0.25) is 0 Å². The Morgan fingerprint density at radius 3 is 2.52 bits per heavy atom. The molecule has 27 heavy (non-hydrogen) atoms. The number of amides is 1. The number of aryl methyl sites for hydroxylation is 1. The number of nitrogens with zero attached hydrogens (tertiary/aromatic N) is 4. The third-order valence-electron chi connectivity index (χ3n) is 3.72. The number of benzene rings is 2. The second-order valence-corrected chi connectivity index (χ2v) is 7.78. The second kappa shape index (κ2) is 7.42. The number of hydrogen-bond donors (Lipinski definition) is 0. The SMILES string of the molecule is Cc1nnc(/N=C2/S/C(=C\c3ccccc3F)C(=O)N2c2ccccc2)s1. The van der Waals surface area contributed by atoms with Gasteiger partial charge in [-0.3, -0.25) is 9.69 Å². The van der Waals surface area contributed by atoms with E-state index in [1.807, 2.05) is 37.3 Å². The minimum absolute atomic E-state index is 0.255. The lowest BCUT2D eigenvalue weighted by Gasteiger charge is -2.14. The number of aromatic nitrogens is 2. The molecule has 3 aromatic rings. The Bertz CT molecular complexity index is 1060. The first kappa shape index (κ1) is 17.6. The first-order chi connectivity index (χ1) is 13.1. The van der Waals surface area contributed by atoms with Gasteiger partial charge >= 0.3 is 0 Å². The van der Waals surface area contributed by atoms with E-state index >= 15 is 0 Å². The zero-order valence-corrected chi connectivity index (χ0v) is 15.8. The standard InChI is InChI=1S/C19H13FN4OS2/c1-12-22-23-18(26-12)21-19-24(14-8-3-2-4-9-14)17(25)16(27-19)11-13-7-5-6-10-15(13)20/h2-11H,1H3/b16-11-,21-19+. The summed E-state index contributed by atoms with van der Waals surface area (Å²) in [5.41, 5.74) is 1.04. The van der Waals surface area contributed by atoms with Gasteiger partial charge in [0.1, 0.15) is 10.8 Å². The van der Waals surface area contributed by atoms with Gasteiger partial charge in [-0.25, -0.2) is 4.39 Å². The molecule has 2 aromatic carbocycles. The average Bonchev–Trinajstić information content (AvgIpc) is 3.21. The fourth-order valence-electron chi connectivity index (χ4n) is 2.50. The molecule has 0 bridgehead atoms. The maximum atomic E-state index is 14.0.